The Morgan fingerprint density at radius 1 is 1.24 bits per heavy atom. The fraction of sp³-hybridized carbons (Fsp3) is 0.524. The van der Waals surface area contributed by atoms with Crippen LogP contribution in [0.4, 0.5) is 0 Å². The van der Waals surface area contributed by atoms with Crippen LogP contribution in [0.25, 0.3) is 0 Å². The predicted octanol–water partition coefficient (Wildman–Crippen LogP) is 3.90. The van der Waals surface area contributed by atoms with Crippen LogP contribution < -0.4 is 5.73 Å². The quantitative estimate of drug-likeness (QED) is 0.530. The Hall–Kier alpha value is -1.88. The zero-order valence-electron chi connectivity index (χ0n) is 18.5. The molecule has 0 aromatic heterocycles. The fourth-order valence-corrected chi connectivity index (χ4v) is 2.39. The lowest BCUT2D eigenvalue weighted by molar-refractivity contribution is -0.131. The molecule has 1 unspecified atom stereocenters. The largest absolute Gasteiger partial charge is 0.467 e. The van der Waals surface area contributed by atoms with Crippen molar-refractivity contribution in [2.24, 2.45) is 17.1 Å². The van der Waals surface area contributed by atoms with Crippen LogP contribution in [0.15, 0.2) is 29.2 Å². The van der Waals surface area contributed by atoms with Gasteiger partial charge in [-0.2, -0.15) is 0 Å². The van der Waals surface area contributed by atoms with Crippen LogP contribution >= 0.6 is 11.6 Å². The van der Waals surface area contributed by atoms with Crippen LogP contribution in [0.2, 0.25) is 5.02 Å². The number of benzene rings is 1. The number of likely N-dealkylation sites (N-methyl/N-ethyl adjacent to an activating group) is 1. The van der Waals surface area contributed by atoms with Gasteiger partial charge in [-0.1, -0.05) is 53.1 Å². The summed E-state index contributed by atoms with van der Waals surface area (Å²) in [6.45, 7) is 13.5. The minimum Gasteiger partial charge on any atom is -0.467 e. The molecule has 166 valence electrons. The van der Waals surface area contributed by atoms with Crippen LogP contribution in [0.5, 0.6) is 0 Å². The van der Waals surface area contributed by atoms with Gasteiger partial charge in [0.1, 0.15) is 11.0 Å². The van der Waals surface area contributed by atoms with E-state index in [2.05, 4.69) is 38.4 Å². The number of carbonyl (C=O) groups excluding carboxylic acids is 2. The zero-order chi connectivity index (χ0) is 23.6. The zero-order valence-corrected chi connectivity index (χ0v) is 20.0. The summed E-state index contributed by atoms with van der Waals surface area (Å²) in [5, 5.41) is 0.577. The maximum Gasteiger partial charge on any atom is 0.293 e. The van der Waals surface area contributed by atoms with Gasteiger partial charge in [0.05, 0.1) is 18.0 Å². The van der Waals surface area contributed by atoms with Crippen molar-refractivity contribution in [2.75, 3.05) is 20.2 Å². The van der Waals surface area contributed by atoms with E-state index in [1.165, 1.54) is 4.31 Å². The van der Waals surface area contributed by atoms with Gasteiger partial charge in [0, 0.05) is 12.1 Å². The molecule has 0 bridgehead atoms. The first-order valence-electron chi connectivity index (χ1n) is 8.85. The Morgan fingerprint density at radius 3 is 1.93 bits per heavy atom. The van der Waals surface area contributed by atoms with Gasteiger partial charge in [-0.3, -0.25) is 9.59 Å². The average molecular weight is 447 g/mol. The maximum atomic E-state index is 11.8. The van der Waals surface area contributed by atoms with Crippen molar-refractivity contribution >= 4 is 35.0 Å². The van der Waals surface area contributed by atoms with Crippen molar-refractivity contribution in [1.29, 1.82) is 0 Å². The van der Waals surface area contributed by atoms with E-state index in [0.29, 0.717) is 23.0 Å². The highest BCUT2D eigenvalue weighted by Crippen LogP contribution is 2.14. The monoisotopic (exact) mass is 446 g/mol. The molecule has 0 aliphatic rings. The van der Waals surface area contributed by atoms with Gasteiger partial charge in [0.2, 0.25) is 5.91 Å². The second-order valence-corrected chi connectivity index (χ2v) is 9.68. The molecule has 1 rings (SSSR count). The van der Waals surface area contributed by atoms with E-state index in [9.17, 15) is 13.8 Å². The molecule has 0 saturated heterocycles. The number of carbonyl (C=O) groups is 2. The molecule has 8 heteroatoms. The number of hydrogen-bond donors (Lipinski definition) is 1. The average Bonchev–Trinajstić information content (AvgIpc) is 2.60. The second-order valence-electron chi connectivity index (χ2n) is 7.66. The minimum atomic E-state index is -1.38. The van der Waals surface area contributed by atoms with Gasteiger partial charge in [0.25, 0.3) is 6.47 Å². The Morgan fingerprint density at radius 2 is 1.66 bits per heavy atom. The molecule has 0 fully saturated rings. The molecule has 29 heavy (non-hydrogen) atoms. The third-order valence-electron chi connectivity index (χ3n) is 2.26. The lowest BCUT2D eigenvalue weighted by Crippen LogP contribution is -2.32. The third-order valence-corrected chi connectivity index (χ3v) is 3.88. The smallest absolute Gasteiger partial charge is 0.293 e. The van der Waals surface area contributed by atoms with Crippen molar-refractivity contribution in [2.45, 2.75) is 46.4 Å². The molecule has 1 atom stereocenters. The number of rotatable bonds is 6. The van der Waals surface area contributed by atoms with Gasteiger partial charge in [-0.05, 0) is 35.6 Å². The molecule has 0 aliphatic carbocycles. The second kappa shape index (κ2) is 18.2. The Kier molecular flexibility index (Phi) is 19.9. The molecular formula is C21H35ClN2O4S. The SMILES string of the molecule is C#C.CC(C)(C)COC=O.CC(C)C.CN(CC(N)=O)S(=O)c1ccc(Cl)cc1. The molecule has 2 N–H and O–H groups in total. The van der Waals surface area contributed by atoms with Crippen LogP contribution in [0.1, 0.15) is 41.5 Å². The first kappa shape index (κ1) is 31.8. The third kappa shape index (κ3) is 24.1. The summed E-state index contributed by atoms with van der Waals surface area (Å²) in [6, 6.07) is 6.59. The van der Waals surface area contributed by atoms with Gasteiger partial charge in [-0.25, -0.2) is 8.51 Å². The molecule has 0 heterocycles. The van der Waals surface area contributed by atoms with Crippen molar-refractivity contribution in [3.63, 3.8) is 0 Å². The molecule has 6 nitrogen and oxygen atoms in total. The lowest BCUT2D eigenvalue weighted by atomic mass is 9.99. The van der Waals surface area contributed by atoms with Crippen LogP contribution in [0.3, 0.4) is 0 Å². The van der Waals surface area contributed by atoms with Crippen LogP contribution in [-0.4, -0.2) is 41.1 Å². The fourth-order valence-electron chi connectivity index (χ4n) is 1.29. The Labute approximate surface area is 183 Å². The lowest BCUT2D eigenvalue weighted by Gasteiger charge is -2.14. The van der Waals surface area contributed by atoms with E-state index >= 15 is 0 Å². The first-order chi connectivity index (χ1) is 13.3. The van der Waals surface area contributed by atoms with Gasteiger partial charge < -0.3 is 10.5 Å². The molecule has 0 aliphatic heterocycles. The van der Waals surface area contributed by atoms with Crippen LogP contribution in [0, 0.1) is 24.2 Å². The first-order valence-corrected chi connectivity index (χ1v) is 10.3. The van der Waals surface area contributed by atoms with E-state index in [0.717, 1.165) is 5.92 Å². The van der Waals surface area contributed by atoms with Crippen LogP contribution in [-0.2, 0) is 25.3 Å². The number of terminal acetylenes is 1. The maximum absolute atomic E-state index is 11.8. The summed E-state index contributed by atoms with van der Waals surface area (Å²) in [5.74, 6) is 0.319. The molecule has 0 spiro atoms. The number of nitrogens with two attached hydrogens (primary N) is 1. The summed E-state index contributed by atoms with van der Waals surface area (Å²) >= 11 is 5.69. The number of hydrogen-bond acceptors (Lipinski definition) is 4. The Balaban J connectivity index is -0.000000406. The number of ether oxygens (including phenoxy) is 1. The number of halogens is 1. The standard InChI is InChI=1S/C9H11ClN2O2S.C6H12O2.C4H10.C2H2/c1-12(6-9(11)13)15(14)8-4-2-7(10)3-5-8;1-6(2,3)4-8-5-7;1-4(2)3;1-2/h2-5H,6H2,1H3,(H2,11,13);5H,4H2,1-3H3;4H,1-3H3;1-2H. The van der Waals surface area contributed by atoms with Crippen molar-refractivity contribution in [3.8, 4) is 12.8 Å². The van der Waals surface area contributed by atoms with E-state index in [-0.39, 0.29) is 12.0 Å². The normalized spacial score (nSPS) is 10.9. The number of nitrogens with zero attached hydrogens (tertiary/aromatic N) is 1. The molecular weight excluding hydrogens is 412 g/mol. The summed E-state index contributed by atoms with van der Waals surface area (Å²) in [4.78, 5) is 20.8. The minimum absolute atomic E-state index is 0.0464. The highest BCUT2D eigenvalue weighted by molar-refractivity contribution is 7.82. The number of primary amides is 1. The van der Waals surface area contributed by atoms with Gasteiger partial charge >= 0.3 is 0 Å². The number of amides is 1. The van der Waals surface area contributed by atoms with Gasteiger partial charge in [0.15, 0.2) is 0 Å². The van der Waals surface area contributed by atoms with E-state index < -0.39 is 16.9 Å². The van der Waals surface area contributed by atoms with E-state index in [4.69, 9.17) is 17.3 Å². The van der Waals surface area contributed by atoms with E-state index in [1.807, 2.05) is 20.8 Å². The molecule has 0 radical (unpaired) electrons. The van der Waals surface area contributed by atoms with Crippen molar-refractivity contribution < 1.29 is 18.5 Å². The molecule has 1 aromatic carbocycles. The topological polar surface area (TPSA) is 89.7 Å². The highest BCUT2D eigenvalue weighted by atomic mass is 35.5. The Bertz CT molecular complexity index is 609. The van der Waals surface area contributed by atoms with Crippen molar-refractivity contribution in [1.82, 2.24) is 4.31 Å². The molecule has 1 amide bonds. The predicted molar refractivity (Wildman–Crippen MR) is 122 cm³/mol. The van der Waals surface area contributed by atoms with Gasteiger partial charge in [-0.15, -0.1) is 12.8 Å². The molecule has 0 saturated carbocycles. The van der Waals surface area contributed by atoms with Crippen molar-refractivity contribution in [3.05, 3.63) is 29.3 Å². The summed E-state index contributed by atoms with van der Waals surface area (Å²) in [6.07, 6.45) is 8.00. The molecule has 1 aromatic rings. The summed E-state index contributed by atoms with van der Waals surface area (Å²) in [5.41, 5.74) is 5.10. The summed E-state index contributed by atoms with van der Waals surface area (Å²) < 4.78 is 17.7. The summed E-state index contributed by atoms with van der Waals surface area (Å²) in [7, 11) is 0.182. The van der Waals surface area contributed by atoms with E-state index in [1.54, 1.807) is 31.3 Å². The highest BCUT2D eigenvalue weighted by Gasteiger charge is 2.12.